The highest BCUT2D eigenvalue weighted by molar-refractivity contribution is 5.78. The zero-order valence-corrected chi connectivity index (χ0v) is 14.1. The van der Waals surface area contributed by atoms with Crippen LogP contribution in [0, 0.1) is 5.92 Å². The summed E-state index contributed by atoms with van der Waals surface area (Å²) in [5.41, 5.74) is 0. The molecule has 0 aromatic heterocycles. The molecule has 5 heteroatoms. The maximum Gasteiger partial charge on any atom is 0.236 e. The number of nitrogens with zero attached hydrogens (tertiary/aromatic N) is 2. The normalized spacial score (nSPS) is 32.3. The number of likely N-dealkylation sites (tertiary alicyclic amines) is 1. The molecule has 22 heavy (non-hydrogen) atoms. The van der Waals surface area contributed by atoms with Crippen LogP contribution in [0.3, 0.4) is 0 Å². The number of carbonyl (C=O) groups is 1. The molecule has 0 unspecified atom stereocenters. The standard InChI is InChI=1S/C17H30N2O3/c1-14-3-5-15(6-4-14)18(2)16(20)13-19-9-7-17(8-10-19)21-11-12-22-17/h14-15H,3-13H2,1-2H3. The van der Waals surface area contributed by atoms with E-state index in [1.54, 1.807) is 0 Å². The second kappa shape index (κ2) is 6.85. The molecule has 0 bridgehead atoms. The first kappa shape index (κ1) is 16.2. The summed E-state index contributed by atoms with van der Waals surface area (Å²) in [7, 11) is 1.98. The summed E-state index contributed by atoms with van der Waals surface area (Å²) in [4.78, 5) is 16.8. The molecule has 0 N–H and O–H groups in total. The van der Waals surface area contributed by atoms with Crippen molar-refractivity contribution in [1.29, 1.82) is 0 Å². The Balaban J connectivity index is 1.44. The van der Waals surface area contributed by atoms with Gasteiger partial charge in [-0.05, 0) is 31.6 Å². The van der Waals surface area contributed by atoms with E-state index in [0.29, 0.717) is 25.8 Å². The van der Waals surface area contributed by atoms with Crippen molar-refractivity contribution in [3.63, 3.8) is 0 Å². The van der Waals surface area contributed by atoms with Gasteiger partial charge in [0.15, 0.2) is 5.79 Å². The van der Waals surface area contributed by atoms with Gasteiger partial charge in [0.05, 0.1) is 19.8 Å². The summed E-state index contributed by atoms with van der Waals surface area (Å²) in [5.74, 6) is 0.749. The van der Waals surface area contributed by atoms with Crippen LogP contribution in [-0.2, 0) is 14.3 Å². The Labute approximate surface area is 133 Å². The Morgan fingerprint density at radius 2 is 1.73 bits per heavy atom. The first-order valence-electron chi connectivity index (χ1n) is 8.84. The third-order valence-corrected chi connectivity index (χ3v) is 5.72. The molecule has 1 spiro atoms. The first-order chi connectivity index (χ1) is 10.6. The van der Waals surface area contributed by atoms with Crippen LogP contribution in [-0.4, -0.2) is 67.4 Å². The molecule has 0 aromatic rings. The van der Waals surface area contributed by atoms with Crippen molar-refractivity contribution >= 4 is 5.91 Å². The van der Waals surface area contributed by atoms with Crippen LogP contribution in [0.2, 0.25) is 0 Å². The second-order valence-corrected chi connectivity index (χ2v) is 7.30. The third kappa shape index (κ3) is 3.63. The molecule has 1 aliphatic carbocycles. The van der Waals surface area contributed by atoms with Crippen LogP contribution in [0.5, 0.6) is 0 Å². The lowest BCUT2D eigenvalue weighted by atomic mass is 9.87. The van der Waals surface area contributed by atoms with Crippen molar-refractivity contribution < 1.29 is 14.3 Å². The molecular formula is C17H30N2O3. The van der Waals surface area contributed by atoms with Gasteiger partial charge in [-0.15, -0.1) is 0 Å². The predicted molar refractivity (Wildman–Crippen MR) is 84.5 cm³/mol. The maximum atomic E-state index is 12.5. The molecule has 0 aromatic carbocycles. The Kier molecular flexibility index (Phi) is 5.05. The molecule has 0 radical (unpaired) electrons. The number of piperidine rings is 1. The van der Waals surface area contributed by atoms with Gasteiger partial charge in [0.25, 0.3) is 0 Å². The number of hydrogen-bond acceptors (Lipinski definition) is 4. The highest BCUT2D eigenvalue weighted by Crippen LogP contribution is 2.31. The predicted octanol–water partition coefficient (Wildman–Crippen LogP) is 1.86. The van der Waals surface area contributed by atoms with Gasteiger partial charge in [-0.1, -0.05) is 6.92 Å². The van der Waals surface area contributed by atoms with Crippen molar-refractivity contribution in [2.24, 2.45) is 5.92 Å². The van der Waals surface area contributed by atoms with Crippen LogP contribution in [0.1, 0.15) is 45.4 Å². The summed E-state index contributed by atoms with van der Waals surface area (Å²) in [5, 5.41) is 0. The lowest BCUT2D eigenvalue weighted by molar-refractivity contribution is -0.186. The number of ether oxygens (including phenoxy) is 2. The Morgan fingerprint density at radius 3 is 2.32 bits per heavy atom. The topological polar surface area (TPSA) is 42.0 Å². The van der Waals surface area contributed by atoms with E-state index >= 15 is 0 Å². The van der Waals surface area contributed by atoms with Crippen molar-refractivity contribution in [2.45, 2.75) is 57.3 Å². The van der Waals surface area contributed by atoms with Crippen LogP contribution >= 0.6 is 0 Å². The number of amides is 1. The second-order valence-electron chi connectivity index (χ2n) is 7.30. The molecule has 1 amide bonds. The summed E-state index contributed by atoms with van der Waals surface area (Å²) < 4.78 is 11.5. The van der Waals surface area contributed by atoms with Gasteiger partial charge in [-0.3, -0.25) is 9.69 Å². The maximum absolute atomic E-state index is 12.5. The van der Waals surface area contributed by atoms with Gasteiger partial charge in [-0.2, -0.15) is 0 Å². The fourth-order valence-electron chi connectivity index (χ4n) is 3.97. The van der Waals surface area contributed by atoms with Crippen LogP contribution in [0.25, 0.3) is 0 Å². The summed E-state index contributed by atoms with van der Waals surface area (Å²) in [6.45, 7) is 6.06. The molecule has 3 rings (SSSR count). The molecule has 3 fully saturated rings. The van der Waals surface area contributed by atoms with E-state index in [4.69, 9.17) is 9.47 Å². The van der Waals surface area contributed by atoms with E-state index in [1.165, 1.54) is 12.8 Å². The molecule has 1 saturated carbocycles. The van der Waals surface area contributed by atoms with E-state index in [1.807, 2.05) is 11.9 Å². The average molecular weight is 310 g/mol. The van der Waals surface area contributed by atoms with Gasteiger partial charge in [0, 0.05) is 39.0 Å². The van der Waals surface area contributed by atoms with E-state index < -0.39 is 0 Å². The molecule has 3 aliphatic rings. The monoisotopic (exact) mass is 310 g/mol. The quantitative estimate of drug-likeness (QED) is 0.798. The zero-order valence-electron chi connectivity index (χ0n) is 14.1. The fourth-order valence-corrected chi connectivity index (χ4v) is 3.97. The highest BCUT2D eigenvalue weighted by atomic mass is 16.7. The van der Waals surface area contributed by atoms with E-state index in [2.05, 4.69) is 11.8 Å². The van der Waals surface area contributed by atoms with Crippen molar-refractivity contribution in [1.82, 2.24) is 9.80 Å². The van der Waals surface area contributed by atoms with Gasteiger partial charge >= 0.3 is 0 Å². The third-order valence-electron chi connectivity index (χ3n) is 5.72. The lowest BCUT2D eigenvalue weighted by Gasteiger charge is -2.39. The summed E-state index contributed by atoms with van der Waals surface area (Å²) in [6, 6.07) is 0.446. The van der Waals surface area contributed by atoms with Gasteiger partial charge < -0.3 is 14.4 Å². The Morgan fingerprint density at radius 1 is 1.14 bits per heavy atom. The molecule has 5 nitrogen and oxygen atoms in total. The number of rotatable bonds is 3. The largest absolute Gasteiger partial charge is 0.347 e. The molecule has 0 atom stereocenters. The molecule has 126 valence electrons. The number of likely N-dealkylation sites (N-methyl/N-ethyl adjacent to an activating group) is 1. The number of carbonyl (C=O) groups excluding carboxylic acids is 1. The first-order valence-corrected chi connectivity index (χ1v) is 8.84. The van der Waals surface area contributed by atoms with Crippen molar-refractivity contribution in [2.75, 3.05) is 39.9 Å². The van der Waals surface area contributed by atoms with E-state index in [9.17, 15) is 4.79 Å². The smallest absolute Gasteiger partial charge is 0.236 e. The Hall–Kier alpha value is -0.650. The Bertz CT molecular complexity index is 377. The minimum atomic E-state index is -0.342. The minimum absolute atomic E-state index is 0.267. The van der Waals surface area contributed by atoms with Crippen molar-refractivity contribution in [3.8, 4) is 0 Å². The van der Waals surface area contributed by atoms with Crippen molar-refractivity contribution in [3.05, 3.63) is 0 Å². The zero-order chi connectivity index (χ0) is 15.6. The van der Waals surface area contributed by atoms with Gasteiger partial charge in [0.2, 0.25) is 5.91 Å². The minimum Gasteiger partial charge on any atom is -0.347 e. The summed E-state index contributed by atoms with van der Waals surface area (Å²) in [6.07, 6.45) is 6.59. The van der Waals surface area contributed by atoms with Crippen LogP contribution in [0.15, 0.2) is 0 Å². The van der Waals surface area contributed by atoms with E-state index in [0.717, 1.165) is 44.7 Å². The molecule has 2 heterocycles. The lowest BCUT2D eigenvalue weighted by Crippen LogP contribution is -2.50. The van der Waals surface area contributed by atoms with E-state index in [-0.39, 0.29) is 11.7 Å². The van der Waals surface area contributed by atoms with Crippen LogP contribution < -0.4 is 0 Å². The molecule has 2 saturated heterocycles. The SMILES string of the molecule is CC1CCC(N(C)C(=O)CN2CCC3(CC2)OCCO3)CC1. The van der Waals surface area contributed by atoms with Crippen LogP contribution in [0.4, 0.5) is 0 Å². The van der Waals surface area contributed by atoms with Gasteiger partial charge in [0.1, 0.15) is 0 Å². The molecular weight excluding hydrogens is 280 g/mol. The highest BCUT2D eigenvalue weighted by Gasteiger charge is 2.40. The fraction of sp³-hybridized carbons (Fsp3) is 0.941. The number of hydrogen-bond donors (Lipinski definition) is 0. The summed E-state index contributed by atoms with van der Waals surface area (Å²) >= 11 is 0. The van der Waals surface area contributed by atoms with Gasteiger partial charge in [-0.25, -0.2) is 0 Å². The molecule has 2 aliphatic heterocycles. The average Bonchev–Trinajstić information content (AvgIpc) is 2.98.